The monoisotopic (exact) mass is 415 g/mol. The Morgan fingerprint density at radius 3 is 2.80 bits per heavy atom. The number of amides is 1. The van der Waals surface area contributed by atoms with Crippen LogP contribution in [0.4, 0.5) is 0 Å². The first-order chi connectivity index (χ1) is 14.5. The highest BCUT2D eigenvalue weighted by Gasteiger charge is 2.21. The van der Waals surface area contributed by atoms with Crippen molar-refractivity contribution in [3.63, 3.8) is 0 Å². The van der Waals surface area contributed by atoms with E-state index in [0.29, 0.717) is 6.04 Å². The smallest absolute Gasteiger partial charge is 0.253 e. The molecule has 1 heterocycles. The van der Waals surface area contributed by atoms with Crippen molar-refractivity contribution in [2.24, 2.45) is 4.99 Å². The van der Waals surface area contributed by atoms with Crippen molar-refractivity contribution in [3.8, 4) is 0 Å². The third-order valence-corrected chi connectivity index (χ3v) is 5.64. The minimum absolute atomic E-state index is 0.0415. The molecule has 0 bridgehead atoms. The van der Waals surface area contributed by atoms with Crippen molar-refractivity contribution in [1.29, 1.82) is 0 Å². The summed E-state index contributed by atoms with van der Waals surface area (Å²) in [7, 11) is 3.57. The van der Waals surface area contributed by atoms with Crippen molar-refractivity contribution in [3.05, 3.63) is 35.4 Å². The van der Waals surface area contributed by atoms with Gasteiger partial charge >= 0.3 is 0 Å². The van der Waals surface area contributed by atoms with Crippen LogP contribution in [0.25, 0.3) is 0 Å². The second kappa shape index (κ2) is 13.3. The Morgan fingerprint density at radius 2 is 2.07 bits per heavy atom. The van der Waals surface area contributed by atoms with Gasteiger partial charge in [0.15, 0.2) is 5.96 Å². The van der Waals surface area contributed by atoms with Gasteiger partial charge in [0.05, 0.1) is 6.54 Å². The van der Waals surface area contributed by atoms with E-state index >= 15 is 0 Å². The maximum absolute atomic E-state index is 12.2. The van der Waals surface area contributed by atoms with Gasteiger partial charge in [-0.25, -0.2) is 0 Å². The lowest BCUT2D eigenvalue weighted by atomic mass is 10.0. The van der Waals surface area contributed by atoms with Gasteiger partial charge in [0, 0.05) is 38.8 Å². The van der Waals surface area contributed by atoms with E-state index in [4.69, 9.17) is 4.99 Å². The summed E-state index contributed by atoms with van der Waals surface area (Å²) in [5, 5.41) is 6.83. The molecule has 0 radical (unpaired) electrons. The van der Waals surface area contributed by atoms with Crippen LogP contribution in [0.2, 0.25) is 0 Å². The third-order valence-electron chi connectivity index (χ3n) is 5.64. The predicted octanol–water partition coefficient (Wildman–Crippen LogP) is 3.14. The fourth-order valence-corrected chi connectivity index (χ4v) is 3.90. The molecule has 6 nitrogen and oxygen atoms in total. The zero-order chi connectivity index (χ0) is 21.8. The van der Waals surface area contributed by atoms with E-state index in [0.717, 1.165) is 43.1 Å². The molecule has 1 aromatic rings. The Hall–Kier alpha value is -2.08. The van der Waals surface area contributed by atoms with Crippen molar-refractivity contribution in [1.82, 2.24) is 20.4 Å². The van der Waals surface area contributed by atoms with Crippen LogP contribution in [0.1, 0.15) is 61.9 Å². The van der Waals surface area contributed by atoms with Gasteiger partial charge in [-0.15, -0.1) is 0 Å². The Balaban J connectivity index is 1.89. The molecule has 2 N–H and O–H groups in total. The van der Waals surface area contributed by atoms with E-state index < -0.39 is 0 Å². The molecular weight excluding hydrogens is 374 g/mol. The van der Waals surface area contributed by atoms with Gasteiger partial charge < -0.3 is 15.5 Å². The van der Waals surface area contributed by atoms with E-state index in [1.165, 1.54) is 45.2 Å². The molecule has 2 rings (SSSR count). The first-order valence-corrected chi connectivity index (χ1v) is 11.6. The van der Waals surface area contributed by atoms with Crippen LogP contribution in [-0.4, -0.2) is 74.5 Å². The van der Waals surface area contributed by atoms with E-state index in [1.807, 2.05) is 18.2 Å². The van der Waals surface area contributed by atoms with Crippen LogP contribution in [0.5, 0.6) is 0 Å². The number of nitrogens with one attached hydrogen (secondary N) is 2. The summed E-state index contributed by atoms with van der Waals surface area (Å²) < 4.78 is 0. The number of benzene rings is 1. The van der Waals surface area contributed by atoms with Crippen molar-refractivity contribution >= 4 is 11.9 Å². The Labute approximate surface area is 183 Å². The summed E-state index contributed by atoms with van der Waals surface area (Å²) >= 11 is 0. The molecule has 1 fully saturated rings. The van der Waals surface area contributed by atoms with Crippen LogP contribution in [-0.2, 0) is 6.42 Å². The summed E-state index contributed by atoms with van der Waals surface area (Å²) in [6.07, 6.45) is 7.25. The van der Waals surface area contributed by atoms with Gasteiger partial charge in [-0.05, 0) is 63.4 Å². The summed E-state index contributed by atoms with van der Waals surface area (Å²) in [5.41, 5.74) is 1.90. The zero-order valence-corrected chi connectivity index (χ0v) is 19.4. The fourth-order valence-electron chi connectivity index (χ4n) is 3.90. The molecule has 1 saturated heterocycles. The second-order valence-corrected chi connectivity index (χ2v) is 8.34. The molecule has 1 atom stereocenters. The van der Waals surface area contributed by atoms with E-state index in [2.05, 4.69) is 35.4 Å². The number of rotatable bonds is 10. The number of carbonyl (C=O) groups is 1. The highest BCUT2D eigenvalue weighted by atomic mass is 16.2. The van der Waals surface area contributed by atoms with E-state index in [1.54, 1.807) is 19.0 Å². The number of guanidine groups is 1. The molecule has 30 heavy (non-hydrogen) atoms. The summed E-state index contributed by atoms with van der Waals surface area (Å²) in [6.45, 7) is 9.26. The third kappa shape index (κ3) is 7.98. The number of likely N-dealkylation sites (tertiary alicyclic amines) is 1. The summed E-state index contributed by atoms with van der Waals surface area (Å²) in [4.78, 5) is 21.3. The van der Waals surface area contributed by atoms with Crippen molar-refractivity contribution < 1.29 is 4.79 Å². The van der Waals surface area contributed by atoms with E-state index in [-0.39, 0.29) is 5.91 Å². The van der Waals surface area contributed by atoms with Crippen LogP contribution in [0, 0.1) is 0 Å². The van der Waals surface area contributed by atoms with Crippen molar-refractivity contribution in [2.75, 3.05) is 46.8 Å². The van der Waals surface area contributed by atoms with E-state index in [9.17, 15) is 4.79 Å². The van der Waals surface area contributed by atoms with Crippen LogP contribution in [0.3, 0.4) is 0 Å². The highest BCUT2D eigenvalue weighted by molar-refractivity contribution is 5.94. The Kier molecular flexibility index (Phi) is 10.7. The molecule has 0 aromatic heterocycles. The molecule has 168 valence electrons. The molecular formula is C24H41N5O. The topological polar surface area (TPSA) is 60.0 Å². The normalized spacial score (nSPS) is 17.6. The lowest BCUT2D eigenvalue weighted by Gasteiger charge is -2.35. The quantitative estimate of drug-likeness (QED) is 0.455. The molecule has 1 aliphatic heterocycles. The summed E-state index contributed by atoms with van der Waals surface area (Å²) in [6, 6.07) is 8.46. The molecule has 0 aliphatic carbocycles. The number of hydrogen-bond donors (Lipinski definition) is 2. The number of nitrogens with zero attached hydrogens (tertiary/aromatic N) is 3. The van der Waals surface area contributed by atoms with Crippen LogP contribution in [0.15, 0.2) is 29.3 Å². The van der Waals surface area contributed by atoms with Gasteiger partial charge in [0.2, 0.25) is 0 Å². The van der Waals surface area contributed by atoms with Gasteiger partial charge in [0.1, 0.15) is 0 Å². The SMILES string of the molecule is CCCCN1CCCCC1CN=C(NCC)NCCc1cccc(C(=O)N(C)C)c1. The zero-order valence-electron chi connectivity index (χ0n) is 19.4. The summed E-state index contributed by atoms with van der Waals surface area (Å²) in [5.74, 6) is 0.929. The molecule has 1 aliphatic rings. The first-order valence-electron chi connectivity index (χ1n) is 11.6. The van der Waals surface area contributed by atoms with Crippen LogP contribution < -0.4 is 10.6 Å². The number of carbonyl (C=O) groups excluding carboxylic acids is 1. The average Bonchev–Trinajstić information content (AvgIpc) is 2.76. The maximum Gasteiger partial charge on any atom is 0.253 e. The lowest BCUT2D eigenvalue weighted by Crippen LogP contribution is -2.44. The van der Waals surface area contributed by atoms with Crippen LogP contribution >= 0.6 is 0 Å². The number of aliphatic imine (C=N–C) groups is 1. The lowest BCUT2D eigenvalue weighted by molar-refractivity contribution is 0.0827. The Morgan fingerprint density at radius 1 is 1.23 bits per heavy atom. The van der Waals surface area contributed by atoms with Gasteiger partial charge in [-0.2, -0.15) is 0 Å². The molecule has 0 spiro atoms. The number of hydrogen-bond acceptors (Lipinski definition) is 3. The highest BCUT2D eigenvalue weighted by Crippen LogP contribution is 2.18. The van der Waals surface area contributed by atoms with Gasteiger partial charge in [-0.3, -0.25) is 14.7 Å². The first kappa shape index (κ1) is 24.2. The Bertz CT molecular complexity index is 673. The molecule has 6 heteroatoms. The minimum Gasteiger partial charge on any atom is -0.357 e. The molecule has 1 amide bonds. The minimum atomic E-state index is 0.0415. The number of piperidine rings is 1. The average molecular weight is 416 g/mol. The fraction of sp³-hybridized carbons (Fsp3) is 0.667. The maximum atomic E-state index is 12.2. The van der Waals surface area contributed by atoms with Crippen molar-refractivity contribution in [2.45, 2.75) is 58.4 Å². The number of unbranched alkanes of at least 4 members (excludes halogenated alkanes) is 1. The van der Waals surface area contributed by atoms with Gasteiger partial charge in [0.25, 0.3) is 5.91 Å². The largest absolute Gasteiger partial charge is 0.357 e. The van der Waals surface area contributed by atoms with Gasteiger partial charge in [-0.1, -0.05) is 31.9 Å². The molecule has 0 saturated carbocycles. The standard InChI is InChI=1S/C24H41N5O/c1-5-7-16-29-17-9-8-13-22(29)19-27-24(25-6-2)26-15-14-20-11-10-12-21(18-20)23(30)28(3)4/h10-12,18,22H,5-9,13-17,19H2,1-4H3,(H2,25,26,27). The predicted molar refractivity (Wildman–Crippen MR) is 126 cm³/mol. The molecule has 1 unspecified atom stereocenters. The molecule has 1 aromatic carbocycles. The second-order valence-electron chi connectivity index (χ2n) is 8.34.